The van der Waals surface area contributed by atoms with Crippen molar-refractivity contribution in [2.45, 2.75) is 6.54 Å². The Morgan fingerprint density at radius 1 is 1.53 bits per heavy atom. The minimum Gasteiger partial charge on any atom is -0.453 e. The van der Waals surface area contributed by atoms with E-state index in [0.717, 1.165) is 5.56 Å². The molecule has 1 aromatic carbocycles. The van der Waals surface area contributed by atoms with Gasteiger partial charge >= 0.3 is 0 Å². The first-order valence-corrected chi connectivity index (χ1v) is 5.12. The lowest BCUT2D eigenvalue weighted by Crippen LogP contribution is -1.97. The number of nitriles is 1. The molecule has 0 saturated heterocycles. The maximum atomic E-state index is 9.03. The van der Waals surface area contributed by atoms with Crippen LogP contribution in [0.1, 0.15) is 11.1 Å². The van der Waals surface area contributed by atoms with Gasteiger partial charge in [0.2, 0.25) is 0 Å². The van der Waals surface area contributed by atoms with Crippen LogP contribution in [0.2, 0.25) is 0 Å². The van der Waals surface area contributed by atoms with Crippen molar-refractivity contribution in [1.82, 2.24) is 9.78 Å². The van der Waals surface area contributed by atoms with Gasteiger partial charge in [-0.3, -0.25) is 4.68 Å². The number of aryl methyl sites for hydroxylation is 1. The van der Waals surface area contributed by atoms with Crippen LogP contribution in [0.25, 0.3) is 0 Å². The monoisotopic (exact) mass is 228 g/mol. The molecule has 0 amide bonds. The van der Waals surface area contributed by atoms with E-state index in [1.54, 1.807) is 36.3 Å². The zero-order valence-corrected chi connectivity index (χ0v) is 9.42. The number of ether oxygens (including phenoxy) is 1. The van der Waals surface area contributed by atoms with Gasteiger partial charge in [-0.25, -0.2) is 0 Å². The zero-order valence-electron chi connectivity index (χ0n) is 9.42. The number of rotatable bonds is 3. The van der Waals surface area contributed by atoms with Crippen LogP contribution in [0.5, 0.6) is 11.5 Å². The molecule has 0 unspecified atom stereocenters. The third-order valence-corrected chi connectivity index (χ3v) is 2.31. The predicted molar refractivity (Wildman–Crippen MR) is 62.3 cm³/mol. The van der Waals surface area contributed by atoms with Crippen LogP contribution in [0, 0.1) is 11.3 Å². The van der Waals surface area contributed by atoms with E-state index in [2.05, 4.69) is 11.2 Å². The largest absolute Gasteiger partial charge is 0.453 e. The SMILES string of the molecule is Cn1cc(Oc2ccc(CN)cc2C#N)cn1. The van der Waals surface area contributed by atoms with Crippen molar-refractivity contribution in [3.63, 3.8) is 0 Å². The highest BCUT2D eigenvalue weighted by molar-refractivity contribution is 5.47. The molecule has 2 N–H and O–H groups in total. The first-order valence-electron chi connectivity index (χ1n) is 5.12. The van der Waals surface area contributed by atoms with Crippen molar-refractivity contribution in [3.05, 3.63) is 41.7 Å². The lowest BCUT2D eigenvalue weighted by atomic mass is 10.1. The number of benzene rings is 1. The Kier molecular flexibility index (Phi) is 3.08. The standard InChI is InChI=1S/C12H12N4O/c1-16-8-11(7-15-16)17-12-3-2-9(5-13)4-10(12)6-14/h2-4,7-8H,5,13H2,1H3. The molecule has 2 aromatic rings. The van der Waals surface area contributed by atoms with E-state index in [1.165, 1.54) is 0 Å². The molecule has 0 aliphatic rings. The molecule has 0 saturated carbocycles. The Bertz CT molecular complexity index is 568. The number of hydrogen-bond donors (Lipinski definition) is 1. The average molecular weight is 228 g/mol. The second-order valence-electron chi connectivity index (χ2n) is 3.60. The summed E-state index contributed by atoms with van der Waals surface area (Å²) in [6, 6.07) is 7.40. The van der Waals surface area contributed by atoms with Crippen molar-refractivity contribution in [1.29, 1.82) is 5.26 Å². The molecule has 0 fully saturated rings. The van der Waals surface area contributed by atoms with Gasteiger partial charge in [-0.15, -0.1) is 0 Å². The van der Waals surface area contributed by atoms with E-state index >= 15 is 0 Å². The Labute approximate surface area is 99.0 Å². The maximum absolute atomic E-state index is 9.03. The van der Waals surface area contributed by atoms with Crippen LogP contribution in [-0.4, -0.2) is 9.78 Å². The first kappa shape index (κ1) is 11.2. The molecule has 0 radical (unpaired) electrons. The Balaban J connectivity index is 2.30. The molecule has 0 aliphatic heterocycles. The average Bonchev–Trinajstić information content (AvgIpc) is 2.75. The highest BCUT2D eigenvalue weighted by Gasteiger charge is 2.06. The van der Waals surface area contributed by atoms with Gasteiger partial charge in [-0.1, -0.05) is 6.07 Å². The summed E-state index contributed by atoms with van der Waals surface area (Å²) in [7, 11) is 1.80. The number of nitrogens with zero attached hydrogens (tertiary/aromatic N) is 3. The molecule has 0 bridgehead atoms. The van der Waals surface area contributed by atoms with E-state index < -0.39 is 0 Å². The molecule has 0 spiro atoms. The quantitative estimate of drug-likeness (QED) is 0.864. The summed E-state index contributed by atoms with van der Waals surface area (Å²) in [5.74, 6) is 1.11. The molecule has 1 aromatic heterocycles. The third kappa shape index (κ3) is 2.44. The molecule has 0 atom stereocenters. The molecular weight excluding hydrogens is 216 g/mol. The molecule has 5 nitrogen and oxygen atoms in total. The molecule has 5 heteroatoms. The second kappa shape index (κ2) is 4.68. The molecule has 86 valence electrons. The minimum atomic E-state index is 0.405. The van der Waals surface area contributed by atoms with Crippen LogP contribution in [0.15, 0.2) is 30.6 Å². The molecule has 17 heavy (non-hydrogen) atoms. The van der Waals surface area contributed by atoms with Gasteiger partial charge < -0.3 is 10.5 Å². The van der Waals surface area contributed by atoms with Gasteiger partial charge in [0.1, 0.15) is 11.8 Å². The third-order valence-electron chi connectivity index (χ3n) is 2.31. The van der Waals surface area contributed by atoms with Gasteiger partial charge in [0, 0.05) is 13.6 Å². The van der Waals surface area contributed by atoms with Crippen molar-refractivity contribution >= 4 is 0 Å². The van der Waals surface area contributed by atoms with Gasteiger partial charge in [0.25, 0.3) is 0 Å². The molecule has 1 heterocycles. The lowest BCUT2D eigenvalue weighted by Gasteiger charge is -2.06. The maximum Gasteiger partial charge on any atom is 0.165 e. The Morgan fingerprint density at radius 3 is 2.94 bits per heavy atom. The lowest BCUT2D eigenvalue weighted by molar-refractivity contribution is 0.480. The van der Waals surface area contributed by atoms with E-state index in [0.29, 0.717) is 23.6 Å². The summed E-state index contributed by atoms with van der Waals surface area (Å²) in [6.45, 7) is 0.405. The van der Waals surface area contributed by atoms with E-state index in [4.69, 9.17) is 15.7 Å². The summed E-state index contributed by atoms with van der Waals surface area (Å²) in [5, 5.41) is 13.0. The van der Waals surface area contributed by atoms with Crippen LogP contribution >= 0.6 is 0 Å². The summed E-state index contributed by atoms with van der Waals surface area (Å²) in [6.07, 6.45) is 3.33. The minimum absolute atomic E-state index is 0.405. The predicted octanol–water partition coefficient (Wildman–Crippen LogP) is 1.54. The van der Waals surface area contributed by atoms with Crippen LogP contribution in [-0.2, 0) is 13.6 Å². The van der Waals surface area contributed by atoms with E-state index in [9.17, 15) is 0 Å². The molecule has 2 rings (SSSR count). The fourth-order valence-electron chi connectivity index (χ4n) is 1.46. The van der Waals surface area contributed by atoms with Crippen LogP contribution < -0.4 is 10.5 Å². The highest BCUT2D eigenvalue weighted by atomic mass is 16.5. The molecular formula is C12H12N4O. The fraction of sp³-hybridized carbons (Fsp3) is 0.167. The van der Waals surface area contributed by atoms with Crippen molar-refractivity contribution in [2.24, 2.45) is 12.8 Å². The fourth-order valence-corrected chi connectivity index (χ4v) is 1.46. The number of nitrogens with two attached hydrogens (primary N) is 1. The van der Waals surface area contributed by atoms with Gasteiger partial charge in [0.15, 0.2) is 5.75 Å². The topological polar surface area (TPSA) is 76.9 Å². The van der Waals surface area contributed by atoms with Gasteiger partial charge in [-0.05, 0) is 17.7 Å². The van der Waals surface area contributed by atoms with Gasteiger partial charge in [-0.2, -0.15) is 10.4 Å². The van der Waals surface area contributed by atoms with Crippen molar-refractivity contribution in [2.75, 3.05) is 0 Å². The van der Waals surface area contributed by atoms with Gasteiger partial charge in [0.05, 0.1) is 18.0 Å². The second-order valence-corrected chi connectivity index (χ2v) is 3.60. The molecule has 0 aliphatic carbocycles. The Hall–Kier alpha value is -2.32. The first-order chi connectivity index (χ1) is 8.22. The zero-order chi connectivity index (χ0) is 12.3. The number of hydrogen-bond acceptors (Lipinski definition) is 4. The summed E-state index contributed by atoms with van der Waals surface area (Å²) < 4.78 is 7.21. The van der Waals surface area contributed by atoms with Crippen molar-refractivity contribution in [3.8, 4) is 17.6 Å². The van der Waals surface area contributed by atoms with E-state index in [-0.39, 0.29) is 0 Å². The normalized spacial score (nSPS) is 9.94. The van der Waals surface area contributed by atoms with E-state index in [1.807, 2.05) is 6.07 Å². The smallest absolute Gasteiger partial charge is 0.165 e. The Morgan fingerprint density at radius 2 is 2.35 bits per heavy atom. The van der Waals surface area contributed by atoms with Crippen LogP contribution in [0.3, 0.4) is 0 Å². The van der Waals surface area contributed by atoms with Crippen molar-refractivity contribution < 1.29 is 4.74 Å². The summed E-state index contributed by atoms with van der Waals surface area (Å²) in [5.41, 5.74) is 6.89. The summed E-state index contributed by atoms with van der Waals surface area (Å²) in [4.78, 5) is 0. The number of aromatic nitrogens is 2. The van der Waals surface area contributed by atoms with Crippen LogP contribution in [0.4, 0.5) is 0 Å². The summed E-state index contributed by atoms with van der Waals surface area (Å²) >= 11 is 0. The highest BCUT2D eigenvalue weighted by Crippen LogP contribution is 2.25.